The van der Waals surface area contributed by atoms with Crippen molar-refractivity contribution in [3.63, 3.8) is 0 Å². The standard InChI is InChI=1S/C22H26N4O3/c1-3-29-18-7-5-17(6-8-18)22(9-13-28-14-10-22)15-24-21(27)19-16(2)25-26-12-4-11-23-20(19)26/h4-8,11-12H,3,9-10,13-15H2,1-2H3,(H,24,27). The molecular weight excluding hydrogens is 368 g/mol. The van der Waals surface area contributed by atoms with E-state index in [1.54, 1.807) is 23.0 Å². The van der Waals surface area contributed by atoms with Gasteiger partial charge in [-0.15, -0.1) is 0 Å². The summed E-state index contributed by atoms with van der Waals surface area (Å²) in [5.74, 6) is 0.712. The molecule has 0 bridgehead atoms. The number of nitrogens with one attached hydrogen (secondary N) is 1. The summed E-state index contributed by atoms with van der Waals surface area (Å²) >= 11 is 0. The molecule has 0 radical (unpaired) electrons. The number of fused-ring (bicyclic) bond motifs is 1. The van der Waals surface area contributed by atoms with Gasteiger partial charge in [0.05, 0.1) is 12.3 Å². The Morgan fingerprint density at radius 1 is 1.28 bits per heavy atom. The lowest BCUT2D eigenvalue weighted by atomic mass is 9.74. The van der Waals surface area contributed by atoms with Crippen molar-refractivity contribution in [1.82, 2.24) is 19.9 Å². The highest BCUT2D eigenvalue weighted by Gasteiger charge is 2.35. The maximum Gasteiger partial charge on any atom is 0.257 e. The fraction of sp³-hybridized carbons (Fsp3) is 0.409. The van der Waals surface area contributed by atoms with E-state index in [9.17, 15) is 4.79 Å². The van der Waals surface area contributed by atoms with E-state index in [0.29, 0.717) is 43.3 Å². The molecule has 29 heavy (non-hydrogen) atoms. The van der Waals surface area contributed by atoms with Gasteiger partial charge in [-0.3, -0.25) is 4.79 Å². The molecular formula is C22H26N4O3. The molecule has 152 valence electrons. The molecule has 1 N–H and O–H groups in total. The molecule has 0 unspecified atom stereocenters. The van der Waals surface area contributed by atoms with Crippen molar-refractivity contribution >= 4 is 11.6 Å². The van der Waals surface area contributed by atoms with Crippen molar-refractivity contribution in [1.29, 1.82) is 0 Å². The largest absolute Gasteiger partial charge is 0.494 e. The lowest BCUT2D eigenvalue weighted by molar-refractivity contribution is 0.0487. The Balaban J connectivity index is 1.57. The van der Waals surface area contributed by atoms with Crippen LogP contribution in [-0.4, -0.2) is 46.9 Å². The maximum atomic E-state index is 13.0. The fourth-order valence-electron chi connectivity index (χ4n) is 4.00. The van der Waals surface area contributed by atoms with E-state index >= 15 is 0 Å². The Hall–Kier alpha value is -2.93. The Labute approximate surface area is 170 Å². The van der Waals surface area contributed by atoms with Crippen LogP contribution >= 0.6 is 0 Å². The van der Waals surface area contributed by atoms with Gasteiger partial charge in [0, 0.05) is 37.6 Å². The molecule has 4 rings (SSSR count). The zero-order chi connectivity index (χ0) is 20.3. The summed E-state index contributed by atoms with van der Waals surface area (Å²) in [6, 6.07) is 9.99. The molecule has 3 aromatic rings. The molecule has 1 saturated heterocycles. The minimum absolute atomic E-state index is 0.145. The van der Waals surface area contributed by atoms with Gasteiger partial charge in [-0.25, -0.2) is 9.50 Å². The summed E-state index contributed by atoms with van der Waals surface area (Å²) in [5.41, 5.74) is 2.80. The first kappa shape index (κ1) is 19.4. The third-order valence-corrected chi connectivity index (χ3v) is 5.61. The van der Waals surface area contributed by atoms with Gasteiger partial charge in [0.25, 0.3) is 5.91 Å². The van der Waals surface area contributed by atoms with E-state index in [2.05, 4.69) is 27.5 Å². The highest BCUT2D eigenvalue weighted by Crippen LogP contribution is 2.35. The average Bonchev–Trinajstić information content (AvgIpc) is 3.09. The molecule has 0 saturated carbocycles. The molecule has 1 aliphatic rings. The Kier molecular flexibility index (Phi) is 5.49. The van der Waals surface area contributed by atoms with Crippen molar-refractivity contribution < 1.29 is 14.3 Å². The highest BCUT2D eigenvalue weighted by atomic mass is 16.5. The molecule has 1 amide bonds. The molecule has 0 atom stereocenters. The molecule has 1 aliphatic heterocycles. The number of rotatable bonds is 6. The molecule has 7 heteroatoms. The number of carbonyl (C=O) groups excluding carboxylic acids is 1. The van der Waals surface area contributed by atoms with E-state index in [-0.39, 0.29) is 11.3 Å². The van der Waals surface area contributed by atoms with Crippen LogP contribution in [0.25, 0.3) is 5.65 Å². The second kappa shape index (κ2) is 8.21. The van der Waals surface area contributed by atoms with Crippen molar-refractivity contribution in [3.05, 3.63) is 59.5 Å². The van der Waals surface area contributed by atoms with E-state index in [4.69, 9.17) is 9.47 Å². The Morgan fingerprint density at radius 3 is 2.76 bits per heavy atom. The van der Waals surface area contributed by atoms with Crippen LogP contribution in [0, 0.1) is 6.92 Å². The minimum Gasteiger partial charge on any atom is -0.494 e. The summed E-state index contributed by atoms with van der Waals surface area (Å²) in [7, 11) is 0. The van der Waals surface area contributed by atoms with Gasteiger partial charge in [-0.1, -0.05) is 12.1 Å². The number of benzene rings is 1. The van der Waals surface area contributed by atoms with Crippen LogP contribution in [0.1, 0.15) is 41.4 Å². The van der Waals surface area contributed by atoms with Crippen molar-refractivity contribution in [2.45, 2.75) is 32.1 Å². The Bertz CT molecular complexity index is 991. The molecule has 2 aromatic heterocycles. The van der Waals surface area contributed by atoms with Gasteiger partial charge in [-0.05, 0) is 50.5 Å². The summed E-state index contributed by atoms with van der Waals surface area (Å²) in [4.78, 5) is 17.4. The minimum atomic E-state index is -0.164. The zero-order valence-corrected chi connectivity index (χ0v) is 16.9. The second-order valence-electron chi connectivity index (χ2n) is 7.38. The van der Waals surface area contributed by atoms with Crippen LogP contribution in [-0.2, 0) is 10.2 Å². The van der Waals surface area contributed by atoms with Gasteiger partial charge in [0.1, 0.15) is 11.3 Å². The first-order chi connectivity index (χ1) is 14.1. The number of aromatic nitrogens is 3. The average molecular weight is 394 g/mol. The number of hydrogen-bond donors (Lipinski definition) is 1. The molecule has 7 nitrogen and oxygen atoms in total. The van der Waals surface area contributed by atoms with E-state index < -0.39 is 0 Å². The van der Waals surface area contributed by atoms with Gasteiger partial charge >= 0.3 is 0 Å². The van der Waals surface area contributed by atoms with Crippen LogP contribution in [0.5, 0.6) is 5.75 Å². The number of carbonyl (C=O) groups is 1. The Morgan fingerprint density at radius 2 is 2.03 bits per heavy atom. The van der Waals surface area contributed by atoms with Crippen molar-refractivity contribution in [2.75, 3.05) is 26.4 Å². The third-order valence-electron chi connectivity index (χ3n) is 5.61. The number of ether oxygens (including phenoxy) is 2. The quantitative estimate of drug-likeness (QED) is 0.696. The van der Waals surface area contributed by atoms with E-state index in [1.165, 1.54) is 5.56 Å². The van der Waals surface area contributed by atoms with Crippen LogP contribution < -0.4 is 10.1 Å². The molecule has 3 heterocycles. The normalized spacial score (nSPS) is 15.9. The van der Waals surface area contributed by atoms with Crippen molar-refractivity contribution in [3.8, 4) is 5.75 Å². The number of amides is 1. The summed E-state index contributed by atoms with van der Waals surface area (Å²) < 4.78 is 12.8. The molecule has 1 fully saturated rings. The van der Waals surface area contributed by atoms with Gasteiger partial charge in [-0.2, -0.15) is 5.10 Å². The smallest absolute Gasteiger partial charge is 0.257 e. The number of aryl methyl sites for hydroxylation is 1. The monoisotopic (exact) mass is 394 g/mol. The summed E-state index contributed by atoms with van der Waals surface area (Å²) in [5, 5.41) is 7.54. The van der Waals surface area contributed by atoms with Gasteiger partial charge in [0.15, 0.2) is 5.65 Å². The molecule has 0 aliphatic carbocycles. The zero-order valence-electron chi connectivity index (χ0n) is 16.9. The van der Waals surface area contributed by atoms with Gasteiger partial charge < -0.3 is 14.8 Å². The summed E-state index contributed by atoms with van der Waals surface area (Å²) in [6.07, 6.45) is 5.18. The van der Waals surface area contributed by atoms with Crippen LogP contribution in [0.2, 0.25) is 0 Å². The predicted molar refractivity (Wildman–Crippen MR) is 109 cm³/mol. The van der Waals surface area contributed by atoms with E-state index in [0.717, 1.165) is 18.6 Å². The number of hydrogen-bond acceptors (Lipinski definition) is 5. The first-order valence-electron chi connectivity index (χ1n) is 10.0. The fourth-order valence-corrected chi connectivity index (χ4v) is 4.00. The second-order valence-corrected chi connectivity index (χ2v) is 7.38. The highest BCUT2D eigenvalue weighted by molar-refractivity contribution is 6.01. The third kappa shape index (κ3) is 3.82. The van der Waals surface area contributed by atoms with Crippen molar-refractivity contribution in [2.24, 2.45) is 0 Å². The van der Waals surface area contributed by atoms with E-state index in [1.807, 2.05) is 26.0 Å². The van der Waals surface area contributed by atoms with Gasteiger partial charge in [0.2, 0.25) is 0 Å². The molecule has 0 spiro atoms. The predicted octanol–water partition coefficient (Wildman–Crippen LogP) is 2.91. The maximum absolute atomic E-state index is 13.0. The summed E-state index contributed by atoms with van der Waals surface area (Å²) in [6.45, 7) is 6.34. The SMILES string of the molecule is CCOc1ccc(C2(CNC(=O)c3c(C)nn4cccnc34)CCOCC2)cc1. The first-order valence-corrected chi connectivity index (χ1v) is 10.0. The number of nitrogens with zero attached hydrogens (tertiary/aromatic N) is 3. The topological polar surface area (TPSA) is 77.8 Å². The van der Waals surface area contributed by atoms with Crippen LogP contribution in [0.15, 0.2) is 42.7 Å². The lowest BCUT2D eigenvalue weighted by Crippen LogP contribution is -2.44. The lowest BCUT2D eigenvalue weighted by Gasteiger charge is -2.38. The van der Waals surface area contributed by atoms with Crippen LogP contribution in [0.4, 0.5) is 0 Å². The molecule has 1 aromatic carbocycles. The van der Waals surface area contributed by atoms with Crippen LogP contribution in [0.3, 0.4) is 0 Å².